The van der Waals surface area contributed by atoms with Crippen molar-refractivity contribution >= 4 is 23.2 Å². The van der Waals surface area contributed by atoms with Crippen LogP contribution < -0.4 is 10.1 Å². The zero-order chi connectivity index (χ0) is 21.5. The second kappa shape index (κ2) is 10.8. The normalized spacial score (nSPS) is 16.4. The van der Waals surface area contributed by atoms with E-state index in [0.29, 0.717) is 23.5 Å². The van der Waals surface area contributed by atoms with Crippen LogP contribution in [0.3, 0.4) is 0 Å². The lowest BCUT2D eigenvalue weighted by molar-refractivity contribution is -0.118. The third-order valence-electron chi connectivity index (χ3n) is 5.64. The molecule has 1 aliphatic rings. The number of anilines is 1. The molecule has 162 valence electrons. The number of hydrogen-bond donors (Lipinski definition) is 1. The third-order valence-corrected chi connectivity index (χ3v) is 5.87. The number of nitrogens with one attached hydrogen (secondary N) is 1. The Morgan fingerprint density at radius 3 is 2.57 bits per heavy atom. The van der Waals surface area contributed by atoms with Crippen LogP contribution in [-0.2, 0) is 4.79 Å². The van der Waals surface area contributed by atoms with E-state index in [0.717, 1.165) is 43.9 Å². The number of rotatable bonds is 8. The Balaban J connectivity index is 1.45. The maximum Gasteiger partial charge on any atom is 0.226 e. The van der Waals surface area contributed by atoms with Crippen molar-refractivity contribution in [2.24, 2.45) is 11.8 Å². The molecule has 0 radical (unpaired) electrons. The fraction of sp³-hybridized carbons (Fsp3) is 0.480. The smallest absolute Gasteiger partial charge is 0.226 e. The molecule has 0 aromatic heterocycles. The number of carbonyl (C=O) groups is 1. The van der Waals surface area contributed by atoms with Crippen LogP contribution in [0.4, 0.5) is 5.69 Å². The van der Waals surface area contributed by atoms with Gasteiger partial charge in [0.15, 0.2) is 0 Å². The van der Waals surface area contributed by atoms with E-state index in [1.807, 2.05) is 50.2 Å². The highest BCUT2D eigenvalue weighted by molar-refractivity contribution is 6.30. The van der Waals surface area contributed by atoms with Crippen molar-refractivity contribution in [2.45, 2.75) is 39.5 Å². The lowest BCUT2D eigenvalue weighted by Gasteiger charge is -2.33. The zero-order valence-corrected chi connectivity index (χ0v) is 19.0. The van der Waals surface area contributed by atoms with Crippen LogP contribution in [0, 0.1) is 11.8 Å². The standard InChI is InChI=1S/C25H33ClN2O2/c1-18(2)25(29)27-23-8-4-6-21(14-23)20-10-12-28(13-11-20)16-19(3)17-30-24-9-5-7-22(26)15-24/h4-9,14-15,18-20H,10-13,16-17H2,1-3H3,(H,27,29). The zero-order valence-electron chi connectivity index (χ0n) is 18.2. The minimum Gasteiger partial charge on any atom is -0.493 e. The Labute approximate surface area is 185 Å². The number of benzene rings is 2. The summed E-state index contributed by atoms with van der Waals surface area (Å²) in [5.74, 6) is 1.89. The van der Waals surface area contributed by atoms with Crippen LogP contribution in [0.15, 0.2) is 48.5 Å². The van der Waals surface area contributed by atoms with Gasteiger partial charge in [0, 0.05) is 29.1 Å². The fourth-order valence-electron chi connectivity index (χ4n) is 3.89. The van der Waals surface area contributed by atoms with Crippen molar-refractivity contribution < 1.29 is 9.53 Å². The molecule has 30 heavy (non-hydrogen) atoms. The van der Waals surface area contributed by atoms with Crippen molar-refractivity contribution in [1.29, 1.82) is 0 Å². The van der Waals surface area contributed by atoms with Gasteiger partial charge >= 0.3 is 0 Å². The van der Waals surface area contributed by atoms with Crippen LogP contribution in [-0.4, -0.2) is 37.0 Å². The molecule has 1 saturated heterocycles. The maximum atomic E-state index is 12.0. The van der Waals surface area contributed by atoms with Crippen molar-refractivity contribution in [3.63, 3.8) is 0 Å². The second-order valence-corrected chi connectivity index (χ2v) is 9.15. The monoisotopic (exact) mass is 428 g/mol. The Morgan fingerprint density at radius 1 is 1.13 bits per heavy atom. The molecule has 1 aliphatic heterocycles. The van der Waals surface area contributed by atoms with E-state index in [1.54, 1.807) is 0 Å². The topological polar surface area (TPSA) is 41.6 Å². The van der Waals surface area contributed by atoms with Gasteiger partial charge in [-0.15, -0.1) is 0 Å². The number of carbonyl (C=O) groups excluding carboxylic acids is 1. The van der Waals surface area contributed by atoms with E-state index in [2.05, 4.69) is 29.3 Å². The van der Waals surface area contributed by atoms with Gasteiger partial charge in [-0.05, 0) is 67.7 Å². The molecule has 0 spiro atoms. The van der Waals surface area contributed by atoms with Crippen LogP contribution in [0.5, 0.6) is 5.75 Å². The lowest BCUT2D eigenvalue weighted by Crippen LogP contribution is -2.37. The molecule has 1 atom stereocenters. The molecule has 4 nitrogen and oxygen atoms in total. The van der Waals surface area contributed by atoms with Crippen molar-refractivity contribution in [2.75, 3.05) is 31.6 Å². The summed E-state index contributed by atoms with van der Waals surface area (Å²) in [7, 11) is 0. The molecule has 1 heterocycles. The predicted molar refractivity (Wildman–Crippen MR) is 124 cm³/mol. The summed E-state index contributed by atoms with van der Waals surface area (Å²) < 4.78 is 5.90. The van der Waals surface area contributed by atoms with Crippen LogP contribution in [0.2, 0.25) is 5.02 Å². The fourth-order valence-corrected chi connectivity index (χ4v) is 4.07. The summed E-state index contributed by atoms with van der Waals surface area (Å²) >= 11 is 6.02. The number of amides is 1. The predicted octanol–water partition coefficient (Wildman–Crippen LogP) is 5.83. The molecule has 0 aliphatic carbocycles. The molecule has 5 heteroatoms. The first-order valence-corrected chi connectivity index (χ1v) is 11.3. The first-order chi connectivity index (χ1) is 14.4. The van der Waals surface area contributed by atoms with Gasteiger partial charge in [-0.1, -0.05) is 50.6 Å². The van der Waals surface area contributed by atoms with Gasteiger partial charge in [-0.25, -0.2) is 0 Å². The second-order valence-electron chi connectivity index (χ2n) is 8.72. The Hall–Kier alpha value is -2.04. The van der Waals surface area contributed by atoms with E-state index < -0.39 is 0 Å². The number of hydrogen-bond acceptors (Lipinski definition) is 3. The number of piperidine rings is 1. The summed E-state index contributed by atoms with van der Waals surface area (Å²) in [6, 6.07) is 15.9. The molecular weight excluding hydrogens is 396 g/mol. The summed E-state index contributed by atoms with van der Waals surface area (Å²) in [6.45, 7) is 9.97. The summed E-state index contributed by atoms with van der Waals surface area (Å²) in [5, 5.41) is 3.72. The molecule has 1 amide bonds. The van der Waals surface area contributed by atoms with Gasteiger partial charge < -0.3 is 15.0 Å². The maximum absolute atomic E-state index is 12.0. The summed E-state index contributed by atoms with van der Waals surface area (Å²) in [6.07, 6.45) is 2.28. The number of halogens is 1. The highest BCUT2D eigenvalue weighted by Crippen LogP contribution is 2.30. The van der Waals surface area contributed by atoms with Crippen LogP contribution in [0.1, 0.15) is 45.1 Å². The molecule has 1 N–H and O–H groups in total. The van der Waals surface area contributed by atoms with Gasteiger partial charge in [0.05, 0.1) is 6.61 Å². The molecule has 1 fully saturated rings. The van der Waals surface area contributed by atoms with Crippen LogP contribution in [0.25, 0.3) is 0 Å². The average Bonchev–Trinajstić information content (AvgIpc) is 2.73. The Morgan fingerprint density at radius 2 is 1.87 bits per heavy atom. The van der Waals surface area contributed by atoms with Gasteiger partial charge in [0.1, 0.15) is 5.75 Å². The van der Waals surface area contributed by atoms with Gasteiger partial charge in [-0.2, -0.15) is 0 Å². The Bertz CT molecular complexity index is 831. The van der Waals surface area contributed by atoms with Crippen molar-refractivity contribution in [1.82, 2.24) is 4.90 Å². The molecule has 2 aromatic carbocycles. The first kappa shape index (κ1) is 22.6. The van der Waals surface area contributed by atoms with E-state index in [9.17, 15) is 4.79 Å². The molecule has 0 saturated carbocycles. The van der Waals surface area contributed by atoms with Gasteiger partial charge in [0.2, 0.25) is 5.91 Å². The Kier molecular flexibility index (Phi) is 8.17. The molecule has 1 unspecified atom stereocenters. The highest BCUT2D eigenvalue weighted by Gasteiger charge is 2.22. The van der Waals surface area contributed by atoms with Gasteiger partial charge in [0.25, 0.3) is 0 Å². The first-order valence-electron chi connectivity index (χ1n) is 10.9. The molecule has 0 bridgehead atoms. The summed E-state index contributed by atoms with van der Waals surface area (Å²) in [4.78, 5) is 14.5. The van der Waals surface area contributed by atoms with E-state index in [4.69, 9.17) is 16.3 Å². The number of nitrogens with zero attached hydrogens (tertiary/aromatic N) is 1. The van der Waals surface area contributed by atoms with E-state index in [-0.39, 0.29) is 11.8 Å². The molecule has 3 rings (SSSR count). The minimum atomic E-state index is -0.0123. The minimum absolute atomic E-state index is 0.0123. The lowest BCUT2D eigenvalue weighted by atomic mass is 9.89. The van der Waals surface area contributed by atoms with E-state index in [1.165, 1.54) is 5.56 Å². The van der Waals surface area contributed by atoms with Crippen molar-refractivity contribution in [3.05, 3.63) is 59.1 Å². The number of ether oxygens (including phenoxy) is 1. The average molecular weight is 429 g/mol. The third kappa shape index (κ3) is 6.75. The number of likely N-dealkylation sites (tertiary alicyclic amines) is 1. The molecular formula is C25H33ClN2O2. The van der Waals surface area contributed by atoms with Crippen LogP contribution >= 0.6 is 11.6 Å². The quantitative estimate of drug-likeness (QED) is 0.575. The van der Waals surface area contributed by atoms with E-state index >= 15 is 0 Å². The highest BCUT2D eigenvalue weighted by atomic mass is 35.5. The summed E-state index contributed by atoms with van der Waals surface area (Å²) in [5.41, 5.74) is 2.23. The SMILES string of the molecule is CC(COc1cccc(Cl)c1)CN1CCC(c2cccc(NC(=O)C(C)C)c2)CC1. The van der Waals surface area contributed by atoms with Crippen molar-refractivity contribution in [3.8, 4) is 5.75 Å². The van der Waals surface area contributed by atoms with Gasteiger partial charge in [-0.3, -0.25) is 4.79 Å². The molecule has 2 aromatic rings. The largest absolute Gasteiger partial charge is 0.493 e.